The van der Waals surface area contributed by atoms with E-state index in [1.165, 1.54) is 0 Å². The molecule has 1 aliphatic rings. The molecule has 0 radical (unpaired) electrons. The fourth-order valence-corrected chi connectivity index (χ4v) is 3.84. The van der Waals surface area contributed by atoms with Crippen molar-refractivity contribution in [2.45, 2.75) is 0 Å². The second kappa shape index (κ2) is 5.93. The predicted octanol–water partition coefficient (Wildman–Crippen LogP) is 4.65. The van der Waals surface area contributed by atoms with Gasteiger partial charge in [-0.2, -0.15) is 0 Å². The predicted molar refractivity (Wildman–Crippen MR) is 91.2 cm³/mol. The molecular formula is C13H7BrIN3OSe. The van der Waals surface area contributed by atoms with Crippen LogP contribution >= 0.6 is 38.5 Å². The third-order valence-corrected chi connectivity index (χ3v) is 5.21. The van der Waals surface area contributed by atoms with Crippen molar-refractivity contribution in [3.63, 3.8) is 0 Å². The number of carbonyl (C=O) groups is 1. The van der Waals surface area contributed by atoms with E-state index in [4.69, 9.17) is 0 Å². The van der Waals surface area contributed by atoms with Crippen LogP contribution in [0.15, 0.2) is 48.8 Å². The molecule has 0 atom stereocenters. The number of hydrogen-bond acceptors (Lipinski definition) is 3. The summed E-state index contributed by atoms with van der Waals surface area (Å²) in [7, 11) is 0. The summed E-state index contributed by atoms with van der Waals surface area (Å²) in [6, 6.07) is 11.3. The molecule has 0 aliphatic carbocycles. The summed E-state index contributed by atoms with van der Waals surface area (Å²) >= 11 is 5.48. The van der Waals surface area contributed by atoms with Gasteiger partial charge in [0.1, 0.15) is 0 Å². The summed E-state index contributed by atoms with van der Waals surface area (Å²) in [4.78, 5) is 12.4. The summed E-state index contributed by atoms with van der Waals surface area (Å²) in [5.74, 6) is -0.154. The number of hydrogen-bond donors (Lipinski definition) is 1. The van der Waals surface area contributed by atoms with Crippen molar-refractivity contribution in [3.8, 4) is 0 Å². The molecule has 1 aliphatic heterocycles. The molecule has 1 N–H and O–H groups in total. The first kappa shape index (κ1) is 14.2. The van der Waals surface area contributed by atoms with Crippen molar-refractivity contribution in [2.24, 2.45) is 7.92 Å². The van der Waals surface area contributed by atoms with E-state index in [0.717, 1.165) is 19.4 Å². The molecule has 0 bridgehead atoms. The Morgan fingerprint density at radius 2 is 2.10 bits per heavy atom. The van der Waals surface area contributed by atoms with E-state index < -0.39 is 0 Å². The second-order valence-electron chi connectivity index (χ2n) is 4.02. The Balaban J connectivity index is 1.93. The van der Waals surface area contributed by atoms with Gasteiger partial charge in [-0.25, -0.2) is 0 Å². The van der Waals surface area contributed by atoms with Crippen LogP contribution in [0.2, 0.25) is 0 Å². The molecular weight excluding hydrogens is 500 g/mol. The Bertz CT molecular complexity index is 787. The summed E-state index contributed by atoms with van der Waals surface area (Å²) in [5.41, 5.74) is 2.95. The standard InChI is InChI=1S/C13H7BrIN3OSe/c14-9-5-4-7(15)6-8(9)13(19)16-10-2-1-3-11-12(10)18-20-17-11/h1-6H,(H,16,19). The third kappa shape index (κ3) is 2.81. The number of halogens is 2. The average molecular weight is 507 g/mol. The SMILES string of the molecule is O=C(Nc1cccc2c1N=[Se]=N2)c1cc(I)ccc1Br. The maximum atomic E-state index is 12.4. The van der Waals surface area contributed by atoms with E-state index in [9.17, 15) is 4.79 Å². The Hall–Kier alpha value is -0.761. The van der Waals surface area contributed by atoms with Gasteiger partial charge in [0.15, 0.2) is 0 Å². The van der Waals surface area contributed by atoms with E-state index in [0.29, 0.717) is 11.3 Å². The van der Waals surface area contributed by atoms with Crippen molar-refractivity contribution in [2.75, 3.05) is 5.32 Å². The molecule has 1 amide bonds. The molecule has 4 nitrogen and oxygen atoms in total. The molecule has 3 rings (SSSR count). The first-order chi connectivity index (χ1) is 9.65. The van der Waals surface area contributed by atoms with Gasteiger partial charge >= 0.3 is 144 Å². The van der Waals surface area contributed by atoms with Gasteiger partial charge in [0.05, 0.1) is 0 Å². The monoisotopic (exact) mass is 507 g/mol. The molecule has 0 aromatic heterocycles. The number of rotatable bonds is 2. The van der Waals surface area contributed by atoms with E-state index >= 15 is 0 Å². The zero-order chi connectivity index (χ0) is 14.1. The normalized spacial score (nSPS) is 11.9. The molecule has 2 aromatic carbocycles. The average Bonchev–Trinajstić information content (AvgIpc) is 2.91. The number of nitrogens with one attached hydrogen (secondary N) is 1. The van der Waals surface area contributed by atoms with Crippen LogP contribution in [-0.4, -0.2) is 20.5 Å². The number of anilines is 1. The van der Waals surface area contributed by atoms with Gasteiger partial charge in [0, 0.05) is 0 Å². The van der Waals surface area contributed by atoms with E-state index in [1.807, 2.05) is 36.4 Å². The Kier molecular flexibility index (Phi) is 4.21. The third-order valence-electron chi connectivity index (χ3n) is 2.71. The van der Waals surface area contributed by atoms with Crippen LogP contribution < -0.4 is 5.32 Å². The van der Waals surface area contributed by atoms with Crippen LogP contribution in [0.4, 0.5) is 17.1 Å². The summed E-state index contributed by atoms with van der Waals surface area (Å²) in [6.45, 7) is 0. The molecule has 0 fully saturated rings. The summed E-state index contributed by atoms with van der Waals surface area (Å²) < 4.78 is 10.4. The van der Waals surface area contributed by atoms with Gasteiger partial charge in [0.2, 0.25) is 0 Å². The molecule has 20 heavy (non-hydrogen) atoms. The van der Waals surface area contributed by atoms with Crippen molar-refractivity contribution in [1.29, 1.82) is 0 Å². The van der Waals surface area contributed by atoms with Crippen LogP contribution in [0.25, 0.3) is 0 Å². The molecule has 0 saturated carbocycles. The van der Waals surface area contributed by atoms with Gasteiger partial charge < -0.3 is 0 Å². The topological polar surface area (TPSA) is 53.8 Å². The molecule has 0 saturated heterocycles. The zero-order valence-electron chi connectivity index (χ0n) is 9.93. The van der Waals surface area contributed by atoms with Gasteiger partial charge in [-0.3, -0.25) is 0 Å². The van der Waals surface area contributed by atoms with Gasteiger partial charge in [-0.05, 0) is 0 Å². The first-order valence-corrected chi connectivity index (χ1v) is 9.03. The molecule has 0 spiro atoms. The van der Waals surface area contributed by atoms with Crippen molar-refractivity contribution in [3.05, 3.63) is 50.0 Å². The van der Waals surface area contributed by atoms with Crippen molar-refractivity contribution >= 4 is 76.1 Å². The molecule has 0 unspecified atom stereocenters. The van der Waals surface area contributed by atoms with Crippen LogP contribution in [0, 0.1) is 3.57 Å². The zero-order valence-corrected chi connectivity index (χ0v) is 15.4. The molecule has 2 aromatic rings. The van der Waals surface area contributed by atoms with Crippen molar-refractivity contribution in [1.82, 2.24) is 0 Å². The van der Waals surface area contributed by atoms with Gasteiger partial charge in [0.25, 0.3) is 0 Å². The second-order valence-corrected chi connectivity index (χ2v) is 7.22. The molecule has 100 valence electrons. The summed E-state index contributed by atoms with van der Waals surface area (Å²) in [5, 5.41) is 2.91. The van der Waals surface area contributed by atoms with Crippen LogP contribution in [0.3, 0.4) is 0 Å². The number of carbonyl (C=O) groups excluding carboxylic acids is 1. The molecule has 1 heterocycles. The van der Waals surface area contributed by atoms with Gasteiger partial charge in [-0.15, -0.1) is 0 Å². The van der Waals surface area contributed by atoms with Crippen LogP contribution in [0.1, 0.15) is 10.4 Å². The number of benzene rings is 2. The van der Waals surface area contributed by atoms with E-state index in [1.54, 1.807) is 0 Å². The fourth-order valence-electron chi connectivity index (χ4n) is 1.77. The van der Waals surface area contributed by atoms with Crippen molar-refractivity contribution < 1.29 is 4.79 Å². The minimum atomic E-state index is -0.154. The molecule has 7 heteroatoms. The van der Waals surface area contributed by atoms with Crippen LogP contribution in [-0.2, 0) is 0 Å². The summed E-state index contributed by atoms with van der Waals surface area (Å²) in [6.07, 6.45) is 0. The Labute approximate surface area is 143 Å². The number of amides is 1. The Morgan fingerprint density at radius 1 is 1.25 bits per heavy atom. The van der Waals surface area contributed by atoms with Crippen LogP contribution in [0.5, 0.6) is 0 Å². The van der Waals surface area contributed by atoms with E-state index in [2.05, 4.69) is 51.8 Å². The fraction of sp³-hybridized carbons (Fsp3) is 0. The Morgan fingerprint density at radius 3 is 2.95 bits per heavy atom. The quantitative estimate of drug-likeness (QED) is 0.399. The number of fused-ring (bicyclic) bond motifs is 1. The first-order valence-electron chi connectivity index (χ1n) is 5.63. The number of nitrogens with zero attached hydrogens (tertiary/aromatic N) is 2. The minimum absolute atomic E-state index is 0.105. The maximum absolute atomic E-state index is 12.4. The van der Waals surface area contributed by atoms with Gasteiger partial charge in [-0.1, -0.05) is 0 Å². The van der Waals surface area contributed by atoms with E-state index in [-0.39, 0.29) is 20.5 Å².